The van der Waals surface area contributed by atoms with E-state index in [-0.39, 0.29) is 23.4 Å². The van der Waals surface area contributed by atoms with E-state index in [2.05, 4.69) is 12.1 Å². The molecule has 0 radical (unpaired) electrons. The molecule has 2 nitrogen and oxygen atoms in total. The number of phenols is 1. The SMILES string of the molecule is COc1ccc2c(c1)CC[C@H](c1ccc(F)cc1)[C@@H]2c1ccc(O)cc1. The molecule has 3 aromatic carbocycles. The van der Waals surface area contributed by atoms with Crippen LogP contribution < -0.4 is 4.74 Å². The van der Waals surface area contributed by atoms with Crippen molar-refractivity contribution in [2.75, 3.05) is 7.11 Å². The molecule has 0 bridgehead atoms. The summed E-state index contributed by atoms with van der Waals surface area (Å²) in [6.45, 7) is 0. The van der Waals surface area contributed by atoms with Crippen LogP contribution in [0.3, 0.4) is 0 Å². The van der Waals surface area contributed by atoms with Gasteiger partial charge in [0.2, 0.25) is 0 Å². The number of aromatic hydroxyl groups is 1. The van der Waals surface area contributed by atoms with Crippen LogP contribution in [0, 0.1) is 5.82 Å². The third-order valence-electron chi connectivity index (χ3n) is 5.36. The number of ether oxygens (including phenoxy) is 1. The molecular weight excluding hydrogens is 327 g/mol. The maximum absolute atomic E-state index is 13.4. The van der Waals surface area contributed by atoms with Crippen LogP contribution in [0.1, 0.15) is 40.5 Å². The lowest BCUT2D eigenvalue weighted by molar-refractivity contribution is 0.412. The molecule has 1 aliphatic rings. The Kier molecular flexibility index (Phi) is 4.37. The highest BCUT2D eigenvalue weighted by Gasteiger charge is 2.32. The highest BCUT2D eigenvalue weighted by Crippen LogP contribution is 2.47. The molecule has 0 fully saturated rings. The van der Waals surface area contributed by atoms with Gasteiger partial charge in [0.05, 0.1) is 7.11 Å². The van der Waals surface area contributed by atoms with Crippen LogP contribution in [0.5, 0.6) is 11.5 Å². The van der Waals surface area contributed by atoms with E-state index in [0.717, 1.165) is 29.7 Å². The number of benzene rings is 3. The van der Waals surface area contributed by atoms with Crippen LogP contribution in [-0.4, -0.2) is 12.2 Å². The maximum Gasteiger partial charge on any atom is 0.123 e. The zero-order valence-electron chi connectivity index (χ0n) is 14.7. The molecule has 0 unspecified atom stereocenters. The Labute approximate surface area is 152 Å². The molecule has 0 aromatic heterocycles. The Morgan fingerprint density at radius 2 is 1.62 bits per heavy atom. The Morgan fingerprint density at radius 3 is 2.31 bits per heavy atom. The molecule has 132 valence electrons. The van der Waals surface area contributed by atoms with E-state index in [1.807, 2.05) is 30.3 Å². The molecule has 3 heteroatoms. The van der Waals surface area contributed by atoms with Crippen molar-refractivity contribution in [2.24, 2.45) is 0 Å². The van der Waals surface area contributed by atoms with E-state index >= 15 is 0 Å². The van der Waals surface area contributed by atoms with Gasteiger partial charge in [-0.2, -0.15) is 0 Å². The van der Waals surface area contributed by atoms with Gasteiger partial charge in [0, 0.05) is 5.92 Å². The van der Waals surface area contributed by atoms with Gasteiger partial charge >= 0.3 is 0 Å². The summed E-state index contributed by atoms with van der Waals surface area (Å²) >= 11 is 0. The molecule has 0 aliphatic heterocycles. The van der Waals surface area contributed by atoms with Crippen molar-refractivity contribution in [1.82, 2.24) is 0 Å². The number of halogens is 1. The van der Waals surface area contributed by atoms with Crippen LogP contribution in [0.4, 0.5) is 4.39 Å². The minimum atomic E-state index is -0.212. The first-order chi connectivity index (χ1) is 12.7. The lowest BCUT2D eigenvalue weighted by Gasteiger charge is -2.35. The predicted molar refractivity (Wildman–Crippen MR) is 100 cm³/mol. The zero-order chi connectivity index (χ0) is 18.1. The van der Waals surface area contributed by atoms with Gasteiger partial charge in [0.15, 0.2) is 0 Å². The van der Waals surface area contributed by atoms with Crippen LogP contribution in [-0.2, 0) is 6.42 Å². The average molecular weight is 348 g/mol. The first kappa shape index (κ1) is 16.6. The van der Waals surface area contributed by atoms with E-state index < -0.39 is 0 Å². The summed E-state index contributed by atoms with van der Waals surface area (Å²) in [4.78, 5) is 0. The Morgan fingerprint density at radius 1 is 0.923 bits per heavy atom. The smallest absolute Gasteiger partial charge is 0.123 e. The summed E-state index contributed by atoms with van der Waals surface area (Å²) < 4.78 is 18.8. The first-order valence-electron chi connectivity index (χ1n) is 8.87. The highest BCUT2D eigenvalue weighted by molar-refractivity contribution is 5.48. The number of rotatable bonds is 3. The fourth-order valence-electron chi connectivity index (χ4n) is 4.09. The van der Waals surface area contributed by atoms with Crippen LogP contribution in [0.2, 0.25) is 0 Å². The molecule has 1 N–H and O–H groups in total. The van der Waals surface area contributed by atoms with Crippen molar-refractivity contribution < 1.29 is 14.2 Å². The second-order valence-corrected chi connectivity index (χ2v) is 6.83. The predicted octanol–water partition coefficient (Wildman–Crippen LogP) is 5.40. The van der Waals surface area contributed by atoms with Crippen molar-refractivity contribution in [2.45, 2.75) is 24.7 Å². The molecule has 4 rings (SSSR count). The van der Waals surface area contributed by atoms with E-state index in [1.165, 1.54) is 23.3 Å². The normalized spacial score (nSPS) is 19.0. The summed E-state index contributed by atoms with van der Waals surface area (Å²) in [5.74, 6) is 1.35. The number of methoxy groups -OCH3 is 1. The molecule has 0 saturated carbocycles. The molecule has 26 heavy (non-hydrogen) atoms. The maximum atomic E-state index is 13.4. The molecule has 3 aromatic rings. The summed E-state index contributed by atoms with van der Waals surface area (Å²) in [5, 5.41) is 9.67. The fourth-order valence-corrected chi connectivity index (χ4v) is 4.09. The largest absolute Gasteiger partial charge is 0.508 e. The van der Waals surface area contributed by atoms with Crippen molar-refractivity contribution in [1.29, 1.82) is 0 Å². The first-order valence-corrected chi connectivity index (χ1v) is 8.87. The minimum absolute atomic E-state index is 0.163. The Hall–Kier alpha value is -2.81. The summed E-state index contributed by atoms with van der Waals surface area (Å²) in [6, 6.07) is 20.5. The minimum Gasteiger partial charge on any atom is -0.508 e. The lowest BCUT2D eigenvalue weighted by atomic mass is 9.69. The van der Waals surface area contributed by atoms with Crippen LogP contribution in [0.15, 0.2) is 66.7 Å². The summed E-state index contributed by atoms with van der Waals surface area (Å²) in [6.07, 6.45) is 1.94. The third-order valence-corrected chi connectivity index (χ3v) is 5.36. The highest BCUT2D eigenvalue weighted by atomic mass is 19.1. The van der Waals surface area contributed by atoms with Gasteiger partial charge in [0.25, 0.3) is 0 Å². The van der Waals surface area contributed by atoms with E-state index in [9.17, 15) is 9.50 Å². The fraction of sp³-hybridized carbons (Fsp3) is 0.217. The van der Waals surface area contributed by atoms with E-state index in [1.54, 1.807) is 19.2 Å². The molecular formula is C23H21FO2. The summed E-state index contributed by atoms with van der Waals surface area (Å²) in [5.41, 5.74) is 4.87. The van der Waals surface area contributed by atoms with Crippen molar-refractivity contribution in [3.63, 3.8) is 0 Å². The van der Waals surface area contributed by atoms with Crippen molar-refractivity contribution in [3.05, 3.63) is 94.8 Å². The van der Waals surface area contributed by atoms with Gasteiger partial charge < -0.3 is 9.84 Å². The van der Waals surface area contributed by atoms with Gasteiger partial charge in [-0.25, -0.2) is 4.39 Å². The molecule has 1 aliphatic carbocycles. The molecule has 0 spiro atoms. The molecule has 2 atom stereocenters. The molecule has 0 saturated heterocycles. The third kappa shape index (κ3) is 3.05. The lowest BCUT2D eigenvalue weighted by Crippen LogP contribution is -2.20. The van der Waals surface area contributed by atoms with E-state index in [0.29, 0.717) is 0 Å². The van der Waals surface area contributed by atoms with Gasteiger partial charge in [-0.1, -0.05) is 30.3 Å². The number of hydrogen-bond donors (Lipinski definition) is 1. The number of fused-ring (bicyclic) bond motifs is 1. The van der Waals surface area contributed by atoms with Gasteiger partial charge in [-0.15, -0.1) is 0 Å². The molecule has 0 heterocycles. The number of hydrogen-bond acceptors (Lipinski definition) is 2. The Bertz CT molecular complexity index is 900. The molecule has 0 amide bonds. The van der Waals surface area contributed by atoms with Crippen LogP contribution in [0.25, 0.3) is 0 Å². The van der Waals surface area contributed by atoms with Gasteiger partial charge in [-0.05, 0) is 77.4 Å². The van der Waals surface area contributed by atoms with Crippen molar-refractivity contribution in [3.8, 4) is 11.5 Å². The second kappa shape index (κ2) is 6.83. The summed E-state index contributed by atoms with van der Waals surface area (Å²) in [7, 11) is 1.68. The Balaban J connectivity index is 1.83. The monoisotopic (exact) mass is 348 g/mol. The number of phenolic OH excluding ortho intramolecular Hbond substituents is 1. The second-order valence-electron chi connectivity index (χ2n) is 6.83. The van der Waals surface area contributed by atoms with Gasteiger partial charge in [0.1, 0.15) is 17.3 Å². The van der Waals surface area contributed by atoms with E-state index in [4.69, 9.17) is 4.74 Å². The topological polar surface area (TPSA) is 29.5 Å². The average Bonchev–Trinajstić information content (AvgIpc) is 2.68. The zero-order valence-corrected chi connectivity index (χ0v) is 14.7. The van der Waals surface area contributed by atoms with Crippen molar-refractivity contribution >= 4 is 0 Å². The number of aryl methyl sites for hydroxylation is 1. The quantitative estimate of drug-likeness (QED) is 0.686. The standard InChI is InChI=1S/C23H21FO2/c1-26-20-11-13-22-17(14-20)6-12-21(15-2-7-18(24)8-3-15)23(22)16-4-9-19(25)10-5-16/h2-5,7-11,13-14,21,23,25H,6,12H2,1H3/t21-,23+/m1/s1. The van der Waals surface area contributed by atoms with Gasteiger partial charge in [-0.3, -0.25) is 0 Å². The van der Waals surface area contributed by atoms with Crippen LogP contribution >= 0.6 is 0 Å².